The monoisotopic (exact) mass is 524 g/mol. The van der Waals surface area contributed by atoms with Crippen molar-refractivity contribution >= 4 is 17.5 Å². The lowest BCUT2D eigenvalue weighted by Crippen LogP contribution is -2.47. The lowest BCUT2D eigenvalue weighted by atomic mass is 9.69. The van der Waals surface area contributed by atoms with Gasteiger partial charge in [-0.3, -0.25) is 9.59 Å². The van der Waals surface area contributed by atoms with Crippen LogP contribution in [0.4, 0.5) is 5.69 Å². The number of hydrogen-bond acceptors (Lipinski definition) is 5. The fourth-order valence-electron chi connectivity index (χ4n) is 5.95. The minimum absolute atomic E-state index is 0.0110. The number of rotatable bonds is 12. The van der Waals surface area contributed by atoms with E-state index in [2.05, 4.69) is 74.5 Å². The Morgan fingerprint density at radius 2 is 1.58 bits per heavy atom. The Morgan fingerprint density at radius 1 is 0.947 bits per heavy atom. The summed E-state index contributed by atoms with van der Waals surface area (Å²) in [5.41, 5.74) is 0.705. The largest absolute Gasteiger partial charge is 0.344 e. The fourth-order valence-corrected chi connectivity index (χ4v) is 5.95. The number of amides is 2. The number of tetrazole rings is 1. The van der Waals surface area contributed by atoms with Crippen LogP contribution in [0.3, 0.4) is 0 Å². The lowest BCUT2D eigenvalue weighted by Gasteiger charge is -2.39. The van der Waals surface area contributed by atoms with Crippen LogP contribution in [-0.2, 0) is 4.79 Å². The van der Waals surface area contributed by atoms with E-state index in [-0.39, 0.29) is 28.5 Å². The molecule has 2 amide bonds. The van der Waals surface area contributed by atoms with E-state index in [9.17, 15) is 9.59 Å². The van der Waals surface area contributed by atoms with Crippen LogP contribution in [0.25, 0.3) is 5.69 Å². The third-order valence-corrected chi connectivity index (χ3v) is 7.90. The average molecular weight is 525 g/mol. The summed E-state index contributed by atoms with van der Waals surface area (Å²) in [5.74, 6) is 0.509. The van der Waals surface area contributed by atoms with E-state index in [1.807, 2.05) is 26.0 Å². The summed E-state index contributed by atoms with van der Waals surface area (Å²) >= 11 is 0. The third kappa shape index (κ3) is 8.11. The normalized spacial score (nSPS) is 15.2. The molecule has 0 unspecified atom stereocenters. The second-order valence-corrected chi connectivity index (χ2v) is 14.2. The van der Waals surface area contributed by atoms with E-state index in [0.29, 0.717) is 11.4 Å². The first-order chi connectivity index (χ1) is 17.5. The van der Waals surface area contributed by atoms with Crippen molar-refractivity contribution in [2.24, 2.45) is 22.2 Å². The van der Waals surface area contributed by atoms with E-state index in [1.54, 1.807) is 12.1 Å². The third-order valence-electron chi connectivity index (χ3n) is 7.90. The SMILES string of the molecule is CCC(C)(C)CC(C)(C)C(=O)Nc1ccc(-n2nnc(C(=O)NC(C)(C)CC(C)(C)CC3CCC3)n2)cc1. The summed E-state index contributed by atoms with van der Waals surface area (Å²) in [6.07, 6.45) is 7.86. The smallest absolute Gasteiger partial charge is 0.293 e. The number of hydrogen-bond donors (Lipinski definition) is 2. The first kappa shape index (κ1) is 29.8. The number of carbonyl (C=O) groups is 2. The Balaban J connectivity index is 1.59. The highest BCUT2D eigenvalue weighted by Gasteiger charge is 2.35. The van der Waals surface area contributed by atoms with E-state index < -0.39 is 11.0 Å². The van der Waals surface area contributed by atoms with Gasteiger partial charge in [0.1, 0.15) is 0 Å². The van der Waals surface area contributed by atoms with Gasteiger partial charge in [-0.15, -0.1) is 15.0 Å². The summed E-state index contributed by atoms with van der Waals surface area (Å²) < 4.78 is 0. The number of benzene rings is 1. The second-order valence-electron chi connectivity index (χ2n) is 14.2. The van der Waals surface area contributed by atoms with Crippen LogP contribution < -0.4 is 10.6 Å². The summed E-state index contributed by atoms with van der Waals surface area (Å²) in [5, 5.41) is 18.5. The van der Waals surface area contributed by atoms with Gasteiger partial charge < -0.3 is 10.6 Å². The van der Waals surface area contributed by atoms with Gasteiger partial charge in [0.2, 0.25) is 5.91 Å². The maximum absolute atomic E-state index is 12.9. The summed E-state index contributed by atoms with van der Waals surface area (Å²) in [4.78, 5) is 27.2. The van der Waals surface area contributed by atoms with Crippen LogP contribution in [0.1, 0.15) is 118 Å². The summed E-state index contributed by atoms with van der Waals surface area (Å²) in [6, 6.07) is 7.22. The molecule has 1 fully saturated rings. The molecule has 2 aromatic rings. The molecular formula is C30H48N6O2. The van der Waals surface area contributed by atoms with Crippen molar-refractivity contribution in [3.8, 4) is 5.69 Å². The van der Waals surface area contributed by atoms with Crippen molar-refractivity contribution in [2.45, 2.75) is 113 Å². The molecule has 1 aromatic heterocycles. The van der Waals surface area contributed by atoms with E-state index in [0.717, 1.165) is 25.2 Å². The number of anilines is 1. The second kappa shape index (κ2) is 11.1. The maximum Gasteiger partial charge on any atom is 0.293 e. The van der Waals surface area contributed by atoms with Gasteiger partial charge in [0.05, 0.1) is 5.69 Å². The van der Waals surface area contributed by atoms with Crippen molar-refractivity contribution in [3.63, 3.8) is 0 Å². The molecule has 210 valence electrons. The summed E-state index contributed by atoms with van der Waals surface area (Å²) in [6.45, 7) is 19.2. The van der Waals surface area contributed by atoms with Crippen molar-refractivity contribution < 1.29 is 9.59 Å². The van der Waals surface area contributed by atoms with Crippen LogP contribution in [0.2, 0.25) is 0 Å². The van der Waals surface area contributed by atoms with Crippen LogP contribution in [-0.4, -0.2) is 37.6 Å². The molecule has 0 spiro atoms. The maximum atomic E-state index is 12.9. The molecule has 1 heterocycles. The van der Waals surface area contributed by atoms with Gasteiger partial charge in [0.15, 0.2) is 0 Å². The lowest BCUT2D eigenvalue weighted by molar-refractivity contribution is -0.125. The highest BCUT2D eigenvalue weighted by Crippen LogP contribution is 2.41. The molecule has 38 heavy (non-hydrogen) atoms. The van der Waals surface area contributed by atoms with Gasteiger partial charge in [-0.1, -0.05) is 74.1 Å². The van der Waals surface area contributed by atoms with E-state index >= 15 is 0 Å². The molecule has 8 heteroatoms. The van der Waals surface area contributed by atoms with Crippen LogP contribution in [0, 0.1) is 22.2 Å². The molecule has 2 N–H and O–H groups in total. The van der Waals surface area contributed by atoms with E-state index in [4.69, 9.17) is 0 Å². The molecule has 3 rings (SSSR count). The molecule has 1 saturated carbocycles. The zero-order chi connectivity index (χ0) is 28.4. The number of nitrogens with zero attached hydrogens (tertiary/aromatic N) is 4. The number of aromatic nitrogens is 4. The Labute approximate surface area is 228 Å². The van der Waals surface area contributed by atoms with Gasteiger partial charge in [-0.05, 0) is 79.3 Å². The van der Waals surface area contributed by atoms with Gasteiger partial charge in [0.25, 0.3) is 11.7 Å². The topological polar surface area (TPSA) is 102 Å². The predicted octanol–water partition coefficient (Wildman–Crippen LogP) is 6.57. The van der Waals surface area contributed by atoms with Crippen molar-refractivity contribution in [1.29, 1.82) is 0 Å². The van der Waals surface area contributed by atoms with Gasteiger partial charge in [0, 0.05) is 16.6 Å². The zero-order valence-electron chi connectivity index (χ0n) is 24.9. The van der Waals surface area contributed by atoms with Crippen LogP contribution in [0.5, 0.6) is 0 Å². The summed E-state index contributed by atoms with van der Waals surface area (Å²) in [7, 11) is 0. The zero-order valence-corrected chi connectivity index (χ0v) is 24.9. The molecule has 0 bridgehead atoms. The Bertz CT molecular complexity index is 1110. The van der Waals surface area contributed by atoms with Gasteiger partial charge >= 0.3 is 0 Å². The quantitative estimate of drug-likeness (QED) is 0.327. The molecule has 1 aliphatic carbocycles. The molecule has 1 aliphatic rings. The van der Waals surface area contributed by atoms with Crippen molar-refractivity contribution in [3.05, 3.63) is 30.1 Å². The number of nitrogens with one attached hydrogen (secondary N) is 2. The molecule has 0 radical (unpaired) electrons. The van der Waals surface area contributed by atoms with Gasteiger partial charge in [-0.2, -0.15) is 0 Å². The minimum Gasteiger partial charge on any atom is -0.344 e. The Hall–Kier alpha value is -2.77. The molecule has 0 atom stereocenters. The van der Waals surface area contributed by atoms with Crippen LogP contribution in [0.15, 0.2) is 24.3 Å². The first-order valence-corrected chi connectivity index (χ1v) is 14.1. The average Bonchev–Trinajstić information content (AvgIpc) is 3.26. The Kier molecular flexibility index (Phi) is 8.74. The van der Waals surface area contributed by atoms with Gasteiger partial charge in [-0.25, -0.2) is 0 Å². The van der Waals surface area contributed by atoms with Crippen molar-refractivity contribution in [2.75, 3.05) is 5.32 Å². The predicted molar refractivity (Wildman–Crippen MR) is 152 cm³/mol. The highest BCUT2D eigenvalue weighted by molar-refractivity contribution is 5.95. The first-order valence-electron chi connectivity index (χ1n) is 14.1. The fraction of sp³-hybridized carbons (Fsp3) is 0.700. The standard InChI is InChI=1S/C30H48N6O2/c1-10-27(2,3)19-29(6,7)26(38)31-22-14-16-23(17-15-22)36-34-24(33-35-36)25(37)32-30(8,9)20-28(4,5)18-21-12-11-13-21/h14-17,21H,10-13,18-20H2,1-9H3,(H,31,38)(H,32,37). The van der Waals surface area contributed by atoms with Crippen molar-refractivity contribution in [1.82, 2.24) is 25.5 Å². The molecule has 0 saturated heterocycles. The molecular weight excluding hydrogens is 476 g/mol. The molecule has 0 aliphatic heterocycles. The number of carbonyl (C=O) groups excluding carboxylic acids is 2. The molecule has 1 aromatic carbocycles. The van der Waals surface area contributed by atoms with Crippen LogP contribution >= 0.6 is 0 Å². The minimum atomic E-state index is -0.492. The van der Waals surface area contributed by atoms with E-state index in [1.165, 1.54) is 30.5 Å². The highest BCUT2D eigenvalue weighted by atomic mass is 16.2. The molecule has 8 nitrogen and oxygen atoms in total. The Morgan fingerprint density at radius 3 is 2.13 bits per heavy atom.